The maximum absolute atomic E-state index is 12.4. The van der Waals surface area contributed by atoms with Crippen LogP contribution >= 0.6 is 11.6 Å². The van der Waals surface area contributed by atoms with Gasteiger partial charge in [-0.15, -0.1) is 0 Å². The minimum Gasteiger partial charge on any atom is -0.486 e. The molecule has 1 heterocycles. The van der Waals surface area contributed by atoms with Crippen LogP contribution in [0.1, 0.15) is 18.4 Å². The van der Waals surface area contributed by atoms with Gasteiger partial charge >= 0.3 is 0 Å². The van der Waals surface area contributed by atoms with Crippen molar-refractivity contribution in [2.24, 2.45) is 0 Å². The quantitative estimate of drug-likeness (QED) is 0.666. The first-order valence-corrected chi connectivity index (χ1v) is 10.7. The van der Waals surface area contributed by atoms with E-state index in [1.807, 2.05) is 13.0 Å². The highest BCUT2D eigenvalue weighted by molar-refractivity contribution is 7.89. The number of ether oxygens (including phenoxy) is 2. The van der Waals surface area contributed by atoms with Crippen molar-refractivity contribution in [3.05, 3.63) is 47.0 Å². The number of hydrogen-bond acceptors (Lipinski definition) is 5. The summed E-state index contributed by atoms with van der Waals surface area (Å²) >= 11 is 6.03. The summed E-state index contributed by atoms with van der Waals surface area (Å²) in [7, 11) is -3.70. The molecule has 7 nitrogen and oxygen atoms in total. The van der Waals surface area contributed by atoms with E-state index in [-0.39, 0.29) is 23.8 Å². The molecule has 0 fully saturated rings. The summed E-state index contributed by atoms with van der Waals surface area (Å²) in [5.41, 5.74) is 1.53. The Morgan fingerprint density at radius 2 is 1.86 bits per heavy atom. The van der Waals surface area contributed by atoms with Gasteiger partial charge in [-0.05, 0) is 43.2 Å². The second kappa shape index (κ2) is 8.81. The lowest BCUT2D eigenvalue weighted by Crippen LogP contribution is -2.26. The van der Waals surface area contributed by atoms with E-state index in [1.165, 1.54) is 12.1 Å². The van der Waals surface area contributed by atoms with Crippen LogP contribution in [0.3, 0.4) is 0 Å². The summed E-state index contributed by atoms with van der Waals surface area (Å²) in [6.07, 6.45) is 0.532. The average molecular weight is 425 g/mol. The predicted molar refractivity (Wildman–Crippen MR) is 107 cm³/mol. The number of carbonyl (C=O) groups is 1. The number of amides is 1. The highest BCUT2D eigenvalue weighted by atomic mass is 35.5. The molecule has 0 spiro atoms. The van der Waals surface area contributed by atoms with Crippen molar-refractivity contribution in [1.29, 1.82) is 0 Å². The summed E-state index contributed by atoms with van der Waals surface area (Å²) < 4.78 is 38.1. The Morgan fingerprint density at radius 1 is 1.11 bits per heavy atom. The molecule has 1 amide bonds. The summed E-state index contributed by atoms with van der Waals surface area (Å²) in [6, 6.07) is 9.74. The topological polar surface area (TPSA) is 93.7 Å². The van der Waals surface area contributed by atoms with Crippen LogP contribution in [0, 0.1) is 6.92 Å². The number of nitrogens with one attached hydrogen (secondary N) is 2. The van der Waals surface area contributed by atoms with Crippen LogP contribution in [0.5, 0.6) is 11.5 Å². The molecule has 28 heavy (non-hydrogen) atoms. The van der Waals surface area contributed by atoms with E-state index >= 15 is 0 Å². The average Bonchev–Trinajstić information content (AvgIpc) is 2.68. The number of hydrogen-bond donors (Lipinski definition) is 2. The minimum absolute atomic E-state index is 0.0931. The zero-order valence-electron chi connectivity index (χ0n) is 15.3. The Morgan fingerprint density at radius 3 is 2.61 bits per heavy atom. The largest absolute Gasteiger partial charge is 0.486 e. The molecule has 2 aromatic carbocycles. The monoisotopic (exact) mass is 424 g/mol. The van der Waals surface area contributed by atoms with E-state index in [2.05, 4.69) is 10.0 Å². The number of carbonyl (C=O) groups excluding carboxylic acids is 1. The van der Waals surface area contributed by atoms with Crippen molar-refractivity contribution in [1.82, 2.24) is 4.72 Å². The van der Waals surface area contributed by atoms with Crippen LogP contribution in [-0.2, 0) is 14.8 Å². The van der Waals surface area contributed by atoms with Crippen LogP contribution in [0.25, 0.3) is 0 Å². The number of anilines is 1. The van der Waals surface area contributed by atoms with Gasteiger partial charge in [0.15, 0.2) is 11.5 Å². The van der Waals surface area contributed by atoms with Crippen molar-refractivity contribution in [3.63, 3.8) is 0 Å². The number of aryl methyl sites for hydroxylation is 1. The molecule has 0 saturated carbocycles. The third-order valence-corrected chi connectivity index (χ3v) is 6.02. The molecule has 0 aromatic heterocycles. The summed E-state index contributed by atoms with van der Waals surface area (Å²) in [4.78, 5) is 12.1. The number of sulfonamides is 1. The van der Waals surface area contributed by atoms with E-state index in [4.69, 9.17) is 21.1 Å². The third kappa shape index (κ3) is 5.15. The van der Waals surface area contributed by atoms with Crippen LogP contribution in [0.4, 0.5) is 5.69 Å². The number of halogens is 1. The Bertz CT molecular complexity index is 978. The SMILES string of the molecule is Cc1ccc(NC(=O)CCCNS(=O)(=O)c2ccc3c(c2)OCCO3)cc1Cl. The van der Waals surface area contributed by atoms with Crippen molar-refractivity contribution in [3.8, 4) is 11.5 Å². The van der Waals surface area contributed by atoms with Crippen LogP contribution < -0.4 is 19.5 Å². The molecule has 0 radical (unpaired) electrons. The Hall–Kier alpha value is -2.29. The normalized spacial score (nSPS) is 13.2. The van der Waals surface area contributed by atoms with E-state index in [0.717, 1.165) is 5.56 Å². The molecule has 9 heteroatoms. The van der Waals surface area contributed by atoms with E-state index in [0.29, 0.717) is 41.8 Å². The van der Waals surface area contributed by atoms with Crippen molar-refractivity contribution >= 4 is 33.2 Å². The summed E-state index contributed by atoms with van der Waals surface area (Å²) in [6.45, 7) is 2.83. The van der Waals surface area contributed by atoms with Gasteiger partial charge in [0.2, 0.25) is 15.9 Å². The van der Waals surface area contributed by atoms with Crippen LogP contribution in [0.2, 0.25) is 5.02 Å². The molecule has 0 bridgehead atoms. The second-order valence-electron chi connectivity index (χ2n) is 6.32. The first-order chi connectivity index (χ1) is 13.3. The highest BCUT2D eigenvalue weighted by Crippen LogP contribution is 2.32. The standard InChI is InChI=1S/C19H21ClN2O5S/c1-13-4-5-14(11-16(13)20)22-19(23)3-2-8-21-28(24,25)15-6-7-17-18(12-15)27-10-9-26-17/h4-7,11-12,21H,2-3,8-10H2,1H3,(H,22,23). The Labute approximate surface area is 169 Å². The molecule has 0 unspecified atom stereocenters. The molecule has 0 atom stereocenters. The second-order valence-corrected chi connectivity index (χ2v) is 8.49. The van der Waals surface area contributed by atoms with Crippen LogP contribution in [0.15, 0.2) is 41.3 Å². The summed E-state index contributed by atoms with van der Waals surface area (Å²) in [5.74, 6) is 0.724. The van der Waals surface area contributed by atoms with Gasteiger partial charge < -0.3 is 14.8 Å². The van der Waals surface area contributed by atoms with Crippen LogP contribution in [-0.4, -0.2) is 34.1 Å². The molecule has 1 aliphatic heterocycles. The smallest absolute Gasteiger partial charge is 0.240 e. The molecule has 0 aliphatic carbocycles. The Kier molecular flexibility index (Phi) is 6.43. The van der Waals surface area contributed by atoms with Gasteiger partial charge in [0.25, 0.3) is 0 Å². The fourth-order valence-electron chi connectivity index (χ4n) is 2.62. The minimum atomic E-state index is -3.70. The van der Waals surface area contributed by atoms with Gasteiger partial charge in [-0.25, -0.2) is 13.1 Å². The first kappa shape index (κ1) is 20.4. The van der Waals surface area contributed by atoms with Gasteiger partial charge in [-0.1, -0.05) is 17.7 Å². The molecule has 2 aromatic rings. The Balaban J connectivity index is 1.48. The number of benzene rings is 2. The van der Waals surface area contributed by atoms with E-state index < -0.39 is 10.0 Å². The third-order valence-electron chi connectivity index (χ3n) is 4.15. The lowest BCUT2D eigenvalue weighted by atomic mass is 10.2. The van der Waals surface area contributed by atoms with Gasteiger partial charge in [-0.3, -0.25) is 4.79 Å². The fourth-order valence-corrected chi connectivity index (χ4v) is 3.89. The maximum atomic E-state index is 12.4. The molecule has 150 valence electrons. The first-order valence-electron chi connectivity index (χ1n) is 8.80. The molecule has 2 N–H and O–H groups in total. The van der Waals surface area contributed by atoms with Crippen molar-refractivity contribution < 1.29 is 22.7 Å². The van der Waals surface area contributed by atoms with E-state index in [9.17, 15) is 13.2 Å². The van der Waals surface area contributed by atoms with Crippen molar-refractivity contribution in [2.45, 2.75) is 24.7 Å². The van der Waals surface area contributed by atoms with Gasteiger partial charge in [0.1, 0.15) is 13.2 Å². The van der Waals surface area contributed by atoms with E-state index in [1.54, 1.807) is 18.2 Å². The highest BCUT2D eigenvalue weighted by Gasteiger charge is 2.19. The molecular weight excluding hydrogens is 404 g/mol. The predicted octanol–water partition coefficient (Wildman–Crippen LogP) is 3.12. The molecule has 3 rings (SSSR count). The lowest BCUT2D eigenvalue weighted by Gasteiger charge is -2.18. The van der Waals surface area contributed by atoms with Gasteiger partial charge in [0, 0.05) is 29.7 Å². The lowest BCUT2D eigenvalue weighted by molar-refractivity contribution is -0.116. The summed E-state index contributed by atoms with van der Waals surface area (Å²) in [5, 5.41) is 3.32. The number of fused-ring (bicyclic) bond motifs is 1. The zero-order valence-corrected chi connectivity index (χ0v) is 16.9. The van der Waals surface area contributed by atoms with Gasteiger partial charge in [0.05, 0.1) is 4.90 Å². The fraction of sp³-hybridized carbons (Fsp3) is 0.316. The molecular formula is C19H21ClN2O5S. The molecule has 0 saturated heterocycles. The van der Waals surface area contributed by atoms with Crippen molar-refractivity contribution in [2.75, 3.05) is 25.1 Å². The number of rotatable bonds is 7. The zero-order chi connectivity index (χ0) is 20.1. The molecule has 1 aliphatic rings. The maximum Gasteiger partial charge on any atom is 0.240 e. The van der Waals surface area contributed by atoms with Gasteiger partial charge in [-0.2, -0.15) is 0 Å².